The summed E-state index contributed by atoms with van der Waals surface area (Å²) in [6, 6.07) is 14.5. The zero-order valence-electron chi connectivity index (χ0n) is 14.9. The van der Waals surface area contributed by atoms with Crippen molar-refractivity contribution in [3.05, 3.63) is 65.5 Å². The number of esters is 1. The molecular formula is C19H18N2O5S. The van der Waals surface area contributed by atoms with Crippen LogP contribution in [0.3, 0.4) is 0 Å². The van der Waals surface area contributed by atoms with Gasteiger partial charge in [-0.25, -0.2) is 4.79 Å². The fourth-order valence-electron chi connectivity index (χ4n) is 2.29. The highest BCUT2D eigenvalue weighted by Gasteiger charge is 2.13. The second-order valence-corrected chi connectivity index (χ2v) is 6.30. The predicted molar refractivity (Wildman–Crippen MR) is 99.0 cm³/mol. The van der Waals surface area contributed by atoms with Crippen LogP contribution in [0.4, 0.5) is 0 Å². The van der Waals surface area contributed by atoms with Crippen molar-refractivity contribution in [3.63, 3.8) is 0 Å². The van der Waals surface area contributed by atoms with Crippen LogP contribution in [0, 0.1) is 0 Å². The van der Waals surface area contributed by atoms with Crippen LogP contribution in [0.1, 0.15) is 21.8 Å². The van der Waals surface area contributed by atoms with Crippen LogP contribution in [-0.2, 0) is 17.1 Å². The van der Waals surface area contributed by atoms with Gasteiger partial charge in [0.15, 0.2) is 6.61 Å². The molecule has 0 aliphatic carbocycles. The number of rotatable bonds is 8. The molecule has 3 rings (SSSR count). The van der Waals surface area contributed by atoms with Crippen LogP contribution in [0.15, 0.2) is 58.2 Å². The monoisotopic (exact) mass is 386 g/mol. The molecule has 2 aromatic carbocycles. The van der Waals surface area contributed by atoms with Crippen LogP contribution in [0.25, 0.3) is 0 Å². The number of nitrogens with zero attached hydrogens (tertiary/aromatic N) is 2. The van der Waals surface area contributed by atoms with Crippen molar-refractivity contribution in [1.29, 1.82) is 0 Å². The number of thioether (sulfide) groups is 1. The number of methoxy groups -OCH3 is 2. The average Bonchev–Trinajstić information content (AvgIpc) is 3.18. The highest BCUT2D eigenvalue weighted by molar-refractivity contribution is 7.98. The van der Waals surface area contributed by atoms with Crippen molar-refractivity contribution in [3.8, 4) is 11.5 Å². The van der Waals surface area contributed by atoms with Gasteiger partial charge in [0.05, 0.1) is 19.8 Å². The number of para-hydroxylation sites is 1. The smallest absolute Gasteiger partial charge is 0.337 e. The molecular weight excluding hydrogens is 368 g/mol. The molecule has 0 unspecified atom stereocenters. The maximum absolute atomic E-state index is 11.7. The molecule has 0 amide bonds. The molecule has 140 valence electrons. The molecule has 0 aliphatic heterocycles. The molecule has 0 aliphatic rings. The van der Waals surface area contributed by atoms with E-state index in [1.165, 1.54) is 18.9 Å². The second-order valence-electron chi connectivity index (χ2n) is 5.37. The maximum atomic E-state index is 11.7. The molecule has 8 heteroatoms. The number of benzene rings is 2. The lowest BCUT2D eigenvalue weighted by molar-refractivity contribution is 0.0600. The van der Waals surface area contributed by atoms with Gasteiger partial charge in [-0.15, -0.1) is 10.2 Å². The summed E-state index contributed by atoms with van der Waals surface area (Å²) in [5.74, 6) is 1.88. The summed E-state index contributed by atoms with van der Waals surface area (Å²) < 4.78 is 21.3. The van der Waals surface area contributed by atoms with Gasteiger partial charge in [0.25, 0.3) is 11.1 Å². The van der Waals surface area contributed by atoms with Crippen LogP contribution < -0.4 is 9.47 Å². The first kappa shape index (κ1) is 18.8. The number of carbonyl (C=O) groups is 1. The first-order valence-electron chi connectivity index (χ1n) is 8.08. The Morgan fingerprint density at radius 1 is 1.11 bits per heavy atom. The summed E-state index contributed by atoms with van der Waals surface area (Å²) in [4.78, 5) is 11.7. The fourth-order valence-corrected chi connectivity index (χ4v) is 3.05. The molecule has 0 fully saturated rings. The lowest BCUT2D eigenvalue weighted by Gasteiger charge is -2.09. The van der Waals surface area contributed by atoms with Crippen molar-refractivity contribution in [1.82, 2.24) is 10.2 Å². The topological polar surface area (TPSA) is 83.7 Å². The van der Waals surface area contributed by atoms with Crippen LogP contribution >= 0.6 is 11.8 Å². The number of hydrogen-bond donors (Lipinski definition) is 0. The van der Waals surface area contributed by atoms with Crippen molar-refractivity contribution in [2.24, 2.45) is 0 Å². The van der Waals surface area contributed by atoms with Gasteiger partial charge in [-0.2, -0.15) is 0 Å². The molecule has 0 bridgehead atoms. The summed E-state index contributed by atoms with van der Waals surface area (Å²) in [5, 5.41) is 8.39. The lowest BCUT2D eigenvalue weighted by atomic mass is 10.1. The third-order valence-electron chi connectivity index (χ3n) is 3.61. The Kier molecular flexibility index (Phi) is 6.32. The predicted octanol–water partition coefficient (Wildman–Crippen LogP) is 3.74. The van der Waals surface area contributed by atoms with E-state index in [1.807, 2.05) is 30.3 Å². The van der Waals surface area contributed by atoms with E-state index in [-0.39, 0.29) is 6.61 Å². The third-order valence-corrected chi connectivity index (χ3v) is 4.47. The van der Waals surface area contributed by atoms with Crippen molar-refractivity contribution < 1.29 is 23.4 Å². The zero-order chi connectivity index (χ0) is 19.1. The molecule has 0 saturated carbocycles. The quantitative estimate of drug-likeness (QED) is 0.428. The molecule has 1 heterocycles. The summed E-state index contributed by atoms with van der Waals surface area (Å²) in [5.41, 5.74) is 1.28. The number of aromatic nitrogens is 2. The molecule has 0 atom stereocenters. The van der Waals surface area contributed by atoms with E-state index >= 15 is 0 Å². The Morgan fingerprint density at radius 3 is 2.67 bits per heavy atom. The summed E-state index contributed by atoms with van der Waals surface area (Å²) >= 11 is 1.35. The minimum atomic E-state index is -0.401. The van der Waals surface area contributed by atoms with Crippen LogP contribution in [-0.4, -0.2) is 30.4 Å². The van der Waals surface area contributed by atoms with E-state index in [9.17, 15) is 4.79 Å². The van der Waals surface area contributed by atoms with Gasteiger partial charge in [0, 0.05) is 11.3 Å². The van der Waals surface area contributed by atoms with Crippen LogP contribution in [0.5, 0.6) is 11.5 Å². The summed E-state index contributed by atoms with van der Waals surface area (Å²) in [6.07, 6.45) is 0. The van der Waals surface area contributed by atoms with Gasteiger partial charge in [0.1, 0.15) is 11.5 Å². The van der Waals surface area contributed by atoms with Gasteiger partial charge >= 0.3 is 5.97 Å². The van der Waals surface area contributed by atoms with Gasteiger partial charge in [-0.1, -0.05) is 30.0 Å². The zero-order valence-corrected chi connectivity index (χ0v) is 15.7. The maximum Gasteiger partial charge on any atom is 0.337 e. The Hall–Kier alpha value is -3.00. The third kappa shape index (κ3) is 5.01. The van der Waals surface area contributed by atoms with E-state index in [0.29, 0.717) is 28.2 Å². The number of carbonyl (C=O) groups excluding carboxylic acids is 1. The van der Waals surface area contributed by atoms with E-state index < -0.39 is 5.97 Å². The first-order valence-corrected chi connectivity index (χ1v) is 9.06. The van der Waals surface area contributed by atoms with Gasteiger partial charge in [-0.05, 0) is 30.3 Å². The van der Waals surface area contributed by atoms with E-state index in [1.54, 1.807) is 25.3 Å². The summed E-state index contributed by atoms with van der Waals surface area (Å²) in [6.45, 7) is 0.193. The first-order chi connectivity index (χ1) is 13.2. The normalized spacial score (nSPS) is 10.4. The standard InChI is InChI=1S/C19H18N2O5S/c1-23-16-9-8-13(18(22)24-2)10-14(16)12-27-19-21-20-17(26-19)11-25-15-6-4-3-5-7-15/h3-10H,11-12H2,1-2H3. The van der Waals surface area contributed by atoms with Crippen LogP contribution in [0.2, 0.25) is 0 Å². The van der Waals surface area contributed by atoms with Crippen molar-refractivity contribution in [2.45, 2.75) is 17.6 Å². The van der Waals surface area contributed by atoms with Crippen molar-refractivity contribution in [2.75, 3.05) is 14.2 Å². The van der Waals surface area contributed by atoms with Gasteiger partial charge in [-0.3, -0.25) is 0 Å². The van der Waals surface area contributed by atoms with Gasteiger partial charge in [0.2, 0.25) is 0 Å². The fraction of sp³-hybridized carbons (Fsp3) is 0.211. The molecule has 0 N–H and O–H groups in total. The second kappa shape index (κ2) is 9.09. The van der Waals surface area contributed by atoms with E-state index in [2.05, 4.69) is 10.2 Å². The summed E-state index contributed by atoms with van der Waals surface area (Å²) in [7, 11) is 2.92. The molecule has 27 heavy (non-hydrogen) atoms. The Morgan fingerprint density at radius 2 is 1.93 bits per heavy atom. The van der Waals surface area contributed by atoms with E-state index in [4.69, 9.17) is 18.6 Å². The largest absolute Gasteiger partial charge is 0.496 e. The molecule has 3 aromatic rings. The Balaban J connectivity index is 1.61. The molecule has 1 aromatic heterocycles. The highest BCUT2D eigenvalue weighted by atomic mass is 32.2. The van der Waals surface area contributed by atoms with Crippen molar-refractivity contribution >= 4 is 17.7 Å². The minimum absolute atomic E-state index is 0.193. The molecule has 0 spiro atoms. The van der Waals surface area contributed by atoms with E-state index in [0.717, 1.165) is 11.3 Å². The molecule has 0 saturated heterocycles. The molecule has 7 nitrogen and oxygen atoms in total. The SMILES string of the molecule is COC(=O)c1ccc(OC)c(CSc2nnc(COc3ccccc3)o2)c1. The number of hydrogen-bond acceptors (Lipinski definition) is 8. The Labute approximate surface area is 160 Å². The highest BCUT2D eigenvalue weighted by Crippen LogP contribution is 2.28. The Bertz CT molecular complexity index is 898. The van der Waals surface area contributed by atoms with Gasteiger partial charge < -0.3 is 18.6 Å². The molecule has 0 radical (unpaired) electrons. The average molecular weight is 386 g/mol. The minimum Gasteiger partial charge on any atom is -0.496 e. The lowest BCUT2D eigenvalue weighted by Crippen LogP contribution is -2.02. The number of ether oxygens (including phenoxy) is 3.